The van der Waals surface area contributed by atoms with E-state index in [1.807, 2.05) is 0 Å². The monoisotopic (exact) mass is 492 g/mol. The Bertz CT molecular complexity index is 1230. The van der Waals surface area contributed by atoms with E-state index in [-0.39, 0.29) is 40.4 Å². The van der Waals surface area contributed by atoms with E-state index in [2.05, 4.69) is 21.1 Å². The fraction of sp³-hybridized carbons (Fsp3) is 0.0870. The maximum atomic E-state index is 12.3. The van der Waals surface area contributed by atoms with Gasteiger partial charge in [-0.15, -0.1) is 0 Å². The van der Waals surface area contributed by atoms with Crippen LogP contribution in [0.5, 0.6) is 5.75 Å². The first-order valence-corrected chi connectivity index (χ1v) is 10.4. The van der Waals surface area contributed by atoms with Gasteiger partial charge in [0.05, 0.1) is 45.8 Å². The number of phenolic OH excluding ortho intramolecular Hbond substituents is 1. The van der Waals surface area contributed by atoms with Gasteiger partial charge in [-0.2, -0.15) is 10.2 Å². The predicted molar refractivity (Wildman–Crippen MR) is 133 cm³/mol. The summed E-state index contributed by atoms with van der Waals surface area (Å²) in [6.45, 7) is 1.81. The van der Waals surface area contributed by atoms with Crippen molar-refractivity contribution in [2.24, 2.45) is 10.2 Å². The maximum absolute atomic E-state index is 12.3. The second-order valence-electron chi connectivity index (χ2n) is 7.07. The van der Waals surface area contributed by atoms with Gasteiger partial charge in [-0.1, -0.05) is 0 Å². The number of anilines is 2. The van der Waals surface area contributed by atoms with Crippen LogP contribution in [0.2, 0.25) is 0 Å². The van der Waals surface area contributed by atoms with E-state index in [0.717, 1.165) is 0 Å². The number of nitro benzene ring substituents is 2. The molecule has 0 saturated carbocycles. The molecule has 0 aliphatic carbocycles. The summed E-state index contributed by atoms with van der Waals surface area (Å²) in [6.07, 6.45) is 2.53. The molecule has 0 saturated heterocycles. The molecule has 0 spiro atoms. The largest absolute Gasteiger partial charge is 0.507 e. The van der Waals surface area contributed by atoms with Gasteiger partial charge in [0.1, 0.15) is 5.75 Å². The zero-order valence-corrected chi connectivity index (χ0v) is 18.8. The number of non-ortho nitro benzene ring substituents is 2. The SMILES string of the molecule is CCOC(=O)c1cc(/C=N/Nc2ccc([N+](=O)[O-])cc2)c(O)c(/C=N/Nc2ccc([N+](=O)[O-])cc2)c1. The number of ether oxygens (including phenoxy) is 1. The third kappa shape index (κ3) is 6.60. The minimum Gasteiger partial charge on any atom is -0.507 e. The van der Waals surface area contributed by atoms with Gasteiger partial charge in [-0.25, -0.2) is 4.79 Å². The van der Waals surface area contributed by atoms with Crippen LogP contribution < -0.4 is 10.9 Å². The molecule has 0 unspecified atom stereocenters. The van der Waals surface area contributed by atoms with Crippen molar-refractivity contribution >= 4 is 41.1 Å². The van der Waals surface area contributed by atoms with Gasteiger partial charge in [-0.3, -0.25) is 31.1 Å². The van der Waals surface area contributed by atoms with E-state index in [4.69, 9.17) is 4.74 Å². The number of carbonyl (C=O) groups is 1. The topological polar surface area (TPSA) is 182 Å². The molecule has 3 rings (SSSR count). The van der Waals surface area contributed by atoms with Crippen LogP contribution in [-0.2, 0) is 4.74 Å². The maximum Gasteiger partial charge on any atom is 0.338 e. The molecule has 0 amide bonds. The number of nitro groups is 2. The number of hydrazone groups is 2. The molecule has 0 fully saturated rings. The molecule has 3 aromatic rings. The molecular weight excluding hydrogens is 472 g/mol. The number of hydrogen-bond acceptors (Lipinski definition) is 11. The van der Waals surface area contributed by atoms with Crippen molar-refractivity contribution in [2.75, 3.05) is 17.5 Å². The number of carbonyl (C=O) groups excluding carboxylic acids is 1. The average molecular weight is 492 g/mol. The number of aromatic hydroxyl groups is 1. The number of nitrogens with one attached hydrogen (secondary N) is 2. The number of rotatable bonds is 10. The molecule has 0 atom stereocenters. The van der Waals surface area contributed by atoms with E-state index in [1.165, 1.54) is 73.1 Å². The summed E-state index contributed by atoms with van der Waals surface area (Å²) in [4.78, 5) is 32.8. The van der Waals surface area contributed by atoms with E-state index < -0.39 is 15.8 Å². The number of phenols is 1. The molecule has 0 aliphatic heterocycles. The summed E-state index contributed by atoms with van der Waals surface area (Å²) in [7, 11) is 0. The number of nitrogens with zero attached hydrogens (tertiary/aromatic N) is 4. The average Bonchev–Trinajstić information content (AvgIpc) is 2.86. The molecule has 36 heavy (non-hydrogen) atoms. The summed E-state index contributed by atoms with van der Waals surface area (Å²) >= 11 is 0. The van der Waals surface area contributed by atoms with Crippen molar-refractivity contribution in [1.29, 1.82) is 0 Å². The summed E-state index contributed by atoms with van der Waals surface area (Å²) in [5, 5.41) is 40.2. The van der Waals surface area contributed by atoms with Crippen molar-refractivity contribution in [3.05, 3.63) is 97.6 Å². The summed E-state index contributed by atoms with van der Waals surface area (Å²) in [5.41, 5.74) is 6.64. The Morgan fingerprint density at radius 1 is 0.889 bits per heavy atom. The second-order valence-corrected chi connectivity index (χ2v) is 7.07. The molecule has 13 nitrogen and oxygen atoms in total. The highest BCUT2D eigenvalue weighted by atomic mass is 16.6. The third-order valence-corrected chi connectivity index (χ3v) is 4.63. The lowest BCUT2D eigenvalue weighted by Gasteiger charge is -2.08. The lowest BCUT2D eigenvalue weighted by Crippen LogP contribution is -2.07. The molecular formula is C23H20N6O7. The van der Waals surface area contributed by atoms with Crippen molar-refractivity contribution in [3.63, 3.8) is 0 Å². The number of hydrogen-bond donors (Lipinski definition) is 3. The third-order valence-electron chi connectivity index (χ3n) is 4.63. The Kier molecular flexibility index (Phi) is 8.22. The zero-order chi connectivity index (χ0) is 26.1. The molecule has 3 aromatic carbocycles. The highest BCUT2D eigenvalue weighted by Gasteiger charge is 2.14. The second kappa shape index (κ2) is 11.7. The predicted octanol–water partition coefficient (Wildman–Crippen LogP) is 4.28. The van der Waals surface area contributed by atoms with Gasteiger partial charge in [0, 0.05) is 35.4 Å². The van der Waals surface area contributed by atoms with Crippen molar-refractivity contribution in [3.8, 4) is 5.75 Å². The van der Waals surface area contributed by atoms with Crippen molar-refractivity contribution < 1.29 is 24.5 Å². The van der Waals surface area contributed by atoms with Crippen LogP contribution in [0.1, 0.15) is 28.4 Å². The van der Waals surface area contributed by atoms with Crippen LogP contribution in [-0.4, -0.2) is 40.0 Å². The first kappa shape index (κ1) is 25.3. The Labute approximate surface area is 204 Å². The van der Waals surface area contributed by atoms with Crippen LogP contribution in [0, 0.1) is 20.2 Å². The Hall–Kier alpha value is -5.33. The summed E-state index contributed by atoms with van der Waals surface area (Å²) in [6, 6.07) is 13.9. The van der Waals surface area contributed by atoms with E-state index in [1.54, 1.807) is 6.92 Å². The van der Waals surface area contributed by atoms with Crippen LogP contribution in [0.25, 0.3) is 0 Å². The molecule has 3 N–H and O–H groups in total. The van der Waals surface area contributed by atoms with Crippen molar-refractivity contribution in [2.45, 2.75) is 6.92 Å². The molecule has 0 radical (unpaired) electrons. The van der Waals surface area contributed by atoms with Crippen LogP contribution in [0.4, 0.5) is 22.7 Å². The first-order chi connectivity index (χ1) is 17.3. The molecule has 0 aromatic heterocycles. The normalized spacial score (nSPS) is 10.9. The fourth-order valence-corrected chi connectivity index (χ4v) is 2.88. The quantitative estimate of drug-likeness (QED) is 0.161. The van der Waals surface area contributed by atoms with Crippen LogP contribution in [0.3, 0.4) is 0 Å². The van der Waals surface area contributed by atoms with Gasteiger partial charge in [0.15, 0.2) is 0 Å². The Morgan fingerprint density at radius 3 is 1.67 bits per heavy atom. The fourth-order valence-electron chi connectivity index (χ4n) is 2.88. The molecule has 0 heterocycles. The van der Waals surface area contributed by atoms with Gasteiger partial charge in [0.2, 0.25) is 0 Å². The highest BCUT2D eigenvalue weighted by Crippen LogP contribution is 2.24. The highest BCUT2D eigenvalue weighted by molar-refractivity contribution is 5.99. The standard InChI is InChI=1S/C23H20N6O7/c1-2-36-23(31)15-11-16(13-24-26-18-3-7-20(8-4-18)28(32)33)22(30)17(12-15)14-25-27-19-5-9-21(10-6-19)29(34)35/h3-14,26-27,30H,2H2,1H3/b24-13+,25-14+. The van der Waals surface area contributed by atoms with Gasteiger partial charge in [-0.05, 0) is 43.3 Å². The summed E-state index contributed by atoms with van der Waals surface area (Å²) in [5.74, 6) is -0.847. The lowest BCUT2D eigenvalue weighted by atomic mass is 10.0. The Balaban J connectivity index is 1.82. The lowest BCUT2D eigenvalue weighted by molar-refractivity contribution is -0.385. The van der Waals surface area contributed by atoms with E-state index in [9.17, 15) is 30.1 Å². The molecule has 184 valence electrons. The Morgan fingerprint density at radius 2 is 1.31 bits per heavy atom. The minimum absolute atomic E-state index is 0.0735. The van der Waals surface area contributed by atoms with Crippen LogP contribution >= 0.6 is 0 Å². The van der Waals surface area contributed by atoms with Gasteiger partial charge < -0.3 is 9.84 Å². The molecule has 13 heteroatoms. The number of benzene rings is 3. The van der Waals surface area contributed by atoms with Crippen LogP contribution in [0.15, 0.2) is 70.9 Å². The smallest absolute Gasteiger partial charge is 0.338 e. The molecule has 0 aliphatic rings. The number of esters is 1. The minimum atomic E-state index is -0.617. The van der Waals surface area contributed by atoms with E-state index >= 15 is 0 Å². The molecule has 0 bridgehead atoms. The van der Waals surface area contributed by atoms with E-state index in [0.29, 0.717) is 11.4 Å². The summed E-state index contributed by atoms with van der Waals surface area (Å²) < 4.78 is 5.04. The first-order valence-electron chi connectivity index (χ1n) is 10.4. The van der Waals surface area contributed by atoms with Gasteiger partial charge >= 0.3 is 5.97 Å². The zero-order valence-electron chi connectivity index (χ0n) is 18.8. The van der Waals surface area contributed by atoms with Gasteiger partial charge in [0.25, 0.3) is 11.4 Å². The van der Waals surface area contributed by atoms with Crippen molar-refractivity contribution in [1.82, 2.24) is 0 Å².